The molecule has 1 N–H and O–H groups in total. The second-order valence-corrected chi connectivity index (χ2v) is 4.99. The van der Waals surface area contributed by atoms with E-state index in [9.17, 15) is 13.2 Å². The van der Waals surface area contributed by atoms with Crippen LogP contribution in [-0.2, 0) is 6.18 Å². The van der Waals surface area contributed by atoms with Crippen LogP contribution in [0.4, 0.5) is 13.2 Å². The summed E-state index contributed by atoms with van der Waals surface area (Å²) in [6.45, 7) is 2.64. The van der Waals surface area contributed by atoms with Gasteiger partial charge < -0.3 is 5.32 Å². The summed E-state index contributed by atoms with van der Waals surface area (Å²) in [5, 5.41) is 3.39. The molecular weight excluding hydrogens is 251 g/mol. The van der Waals surface area contributed by atoms with Crippen LogP contribution in [0, 0.1) is 6.92 Å². The van der Waals surface area contributed by atoms with E-state index in [1.165, 1.54) is 25.0 Å². The van der Waals surface area contributed by atoms with E-state index in [1.54, 1.807) is 6.92 Å². The van der Waals surface area contributed by atoms with E-state index >= 15 is 0 Å². The molecule has 0 saturated heterocycles. The molecule has 104 valence electrons. The normalized spacial score (nSPS) is 16.2. The van der Waals surface area contributed by atoms with E-state index in [1.807, 2.05) is 12.2 Å². The minimum atomic E-state index is -4.26. The fraction of sp³-hybridized carbons (Fsp3) is 0.467. The van der Waals surface area contributed by atoms with Gasteiger partial charge >= 0.3 is 6.18 Å². The number of rotatable bonds is 5. The monoisotopic (exact) mass is 269 g/mol. The lowest BCUT2D eigenvalue weighted by Crippen LogP contribution is -2.16. The van der Waals surface area contributed by atoms with Crippen molar-refractivity contribution >= 4 is 6.08 Å². The molecule has 19 heavy (non-hydrogen) atoms. The molecule has 1 aromatic carbocycles. The van der Waals surface area contributed by atoms with E-state index in [2.05, 4.69) is 5.32 Å². The first kappa shape index (κ1) is 14.1. The van der Waals surface area contributed by atoms with Gasteiger partial charge in [0.25, 0.3) is 0 Å². The Balaban J connectivity index is 1.90. The van der Waals surface area contributed by atoms with Gasteiger partial charge in [0.2, 0.25) is 0 Å². The van der Waals surface area contributed by atoms with Crippen molar-refractivity contribution < 1.29 is 13.2 Å². The molecule has 0 spiro atoms. The van der Waals surface area contributed by atoms with Crippen LogP contribution in [-0.4, -0.2) is 12.6 Å². The van der Waals surface area contributed by atoms with Crippen molar-refractivity contribution in [3.63, 3.8) is 0 Å². The molecule has 1 aliphatic carbocycles. The van der Waals surface area contributed by atoms with Crippen molar-refractivity contribution in [2.75, 3.05) is 6.54 Å². The van der Waals surface area contributed by atoms with Crippen LogP contribution in [0.1, 0.15) is 36.0 Å². The van der Waals surface area contributed by atoms with E-state index in [4.69, 9.17) is 0 Å². The van der Waals surface area contributed by atoms with Crippen molar-refractivity contribution in [1.29, 1.82) is 0 Å². The van der Waals surface area contributed by atoms with Gasteiger partial charge in [-0.1, -0.05) is 18.2 Å². The molecule has 1 fully saturated rings. The molecule has 0 aromatic heterocycles. The van der Waals surface area contributed by atoms with Crippen LogP contribution in [0.5, 0.6) is 0 Å². The summed E-state index contributed by atoms with van der Waals surface area (Å²) < 4.78 is 37.5. The SMILES string of the molecule is Cc1cc(C(F)(F)F)ccc1/C=C/CCNC1CC1. The van der Waals surface area contributed by atoms with Gasteiger partial charge in [-0.3, -0.25) is 0 Å². The maximum Gasteiger partial charge on any atom is 0.416 e. The molecule has 4 heteroatoms. The molecule has 1 nitrogen and oxygen atoms in total. The van der Waals surface area contributed by atoms with Gasteiger partial charge in [-0.15, -0.1) is 0 Å². The number of hydrogen-bond acceptors (Lipinski definition) is 1. The first-order valence-electron chi connectivity index (χ1n) is 6.54. The maximum absolute atomic E-state index is 12.5. The highest BCUT2D eigenvalue weighted by Crippen LogP contribution is 2.30. The molecule has 1 saturated carbocycles. The lowest BCUT2D eigenvalue weighted by molar-refractivity contribution is -0.137. The Morgan fingerprint density at radius 1 is 1.32 bits per heavy atom. The number of benzene rings is 1. The first-order valence-corrected chi connectivity index (χ1v) is 6.54. The first-order chi connectivity index (χ1) is 8.97. The van der Waals surface area contributed by atoms with Crippen LogP contribution >= 0.6 is 0 Å². The summed E-state index contributed by atoms with van der Waals surface area (Å²) in [5.41, 5.74) is 0.915. The summed E-state index contributed by atoms with van der Waals surface area (Å²) in [6.07, 6.45) is 3.07. The van der Waals surface area contributed by atoms with Crippen LogP contribution in [0.25, 0.3) is 6.08 Å². The lowest BCUT2D eigenvalue weighted by atomic mass is 10.0. The maximum atomic E-state index is 12.5. The number of nitrogens with one attached hydrogen (secondary N) is 1. The smallest absolute Gasteiger partial charge is 0.314 e. The molecule has 0 radical (unpaired) electrons. The van der Waals surface area contributed by atoms with Crippen LogP contribution in [0.15, 0.2) is 24.3 Å². The Bertz CT molecular complexity index is 459. The van der Waals surface area contributed by atoms with Crippen molar-refractivity contribution in [2.45, 2.75) is 38.4 Å². The molecule has 2 rings (SSSR count). The molecular formula is C15H18F3N. The standard InChI is InChI=1S/C15H18F3N/c1-11-10-13(15(16,17)18)6-5-12(11)4-2-3-9-19-14-7-8-14/h2,4-6,10,14,19H,3,7-9H2,1H3/b4-2+. The third-order valence-electron chi connectivity index (χ3n) is 3.22. The number of hydrogen-bond donors (Lipinski definition) is 1. The lowest BCUT2D eigenvalue weighted by Gasteiger charge is -2.09. The highest BCUT2D eigenvalue weighted by Gasteiger charge is 2.30. The summed E-state index contributed by atoms with van der Waals surface area (Å²) in [4.78, 5) is 0. The second kappa shape index (κ2) is 5.78. The summed E-state index contributed by atoms with van der Waals surface area (Å²) in [6, 6.07) is 4.56. The van der Waals surface area contributed by atoms with Crippen molar-refractivity contribution in [1.82, 2.24) is 5.32 Å². The highest BCUT2D eigenvalue weighted by atomic mass is 19.4. The summed E-state index contributed by atoms with van der Waals surface area (Å²) in [7, 11) is 0. The molecule has 0 heterocycles. The van der Waals surface area contributed by atoms with Gasteiger partial charge in [-0.25, -0.2) is 0 Å². The minimum absolute atomic E-state index is 0.586. The largest absolute Gasteiger partial charge is 0.416 e. The van der Waals surface area contributed by atoms with Gasteiger partial charge in [0.1, 0.15) is 0 Å². The molecule has 1 aliphatic rings. The fourth-order valence-corrected chi connectivity index (χ4v) is 1.91. The van der Waals surface area contributed by atoms with Crippen LogP contribution in [0.3, 0.4) is 0 Å². The van der Waals surface area contributed by atoms with Crippen LogP contribution < -0.4 is 5.32 Å². The van der Waals surface area contributed by atoms with Gasteiger partial charge in [0, 0.05) is 6.04 Å². The zero-order valence-corrected chi connectivity index (χ0v) is 10.9. The summed E-state index contributed by atoms with van der Waals surface area (Å²) in [5.74, 6) is 0. The number of aryl methyl sites for hydroxylation is 1. The molecule has 0 aliphatic heterocycles. The number of alkyl halides is 3. The Kier molecular flexibility index (Phi) is 4.30. The zero-order valence-electron chi connectivity index (χ0n) is 10.9. The number of halogens is 3. The fourth-order valence-electron chi connectivity index (χ4n) is 1.91. The van der Waals surface area contributed by atoms with Crippen molar-refractivity contribution in [2.24, 2.45) is 0 Å². The summed E-state index contributed by atoms with van der Waals surface area (Å²) >= 11 is 0. The Hall–Kier alpha value is -1.29. The van der Waals surface area contributed by atoms with E-state index in [-0.39, 0.29) is 0 Å². The van der Waals surface area contributed by atoms with Gasteiger partial charge in [0.15, 0.2) is 0 Å². The molecule has 0 bridgehead atoms. The van der Waals surface area contributed by atoms with Crippen molar-refractivity contribution in [3.8, 4) is 0 Å². The Labute approximate surface area is 111 Å². The quantitative estimate of drug-likeness (QED) is 0.791. The van der Waals surface area contributed by atoms with Gasteiger partial charge in [-0.2, -0.15) is 13.2 Å². The van der Waals surface area contributed by atoms with E-state index < -0.39 is 11.7 Å². The third kappa shape index (κ3) is 4.39. The molecule has 1 aromatic rings. The Morgan fingerprint density at radius 2 is 2.05 bits per heavy atom. The van der Waals surface area contributed by atoms with Gasteiger partial charge in [-0.05, 0) is 56.0 Å². The van der Waals surface area contributed by atoms with E-state index in [0.29, 0.717) is 11.6 Å². The molecule has 0 atom stereocenters. The zero-order chi connectivity index (χ0) is 13.9. The van der Waals surface area contributed by atoms with Gasteiger partial charge in [0.05, 0.1) is 5.56 Å². The predicted octanol–water partition coefficient (Wildman–Crippen LogP) is 4.17. The topological polar surface area (TPSA) is 12.0 Å². The predicted molar refractivity (Wildman–Crippen MR) is 70.9 cm³/mol. The van der Waals surface area contributed by atoms with Crippen LogP contribution in [0.2, 0.25) is 0 Å². The van der Waals surface area contributed by atoms with Crippen molar-refractivity contribution in [3.05, 3.63) is 41.0 Å². The highest BCUT2D eigenvalue weighted by molar-refractivity contribution is 5.54. The second-order valence-electron chi connectivity index (χ2n) is 4.99. The minimum Gasteiger partial charge on any atom is -0.314 e. The third-order valence-corrected chi connectivity index (χ3v) is 3.22. The van der Waals surface area contributed by atoms with E-state index in [0.717, 1.165) is 24.6 Å². The average molecular weight is 269 g/mol. The Morgan fingerprint density at radius 3 is 2.63 bits per heavy atom. The molecule has 0 unspecified atom stereocenters. The average Bonchev–Trinajstić information content (AvgIpc) is 3.13. The molecule has 0 amide bonds.